The van der Waals surface area contributed by atoms with Gasteiger partial charge < -0.3 is 5.21 Å². The fraction of sp³-hybridized carbons (Fsp3) is 0.0667. The summed E-state index contributed by atoms with van der Waals surface area (Å²) in [4.78, 5) is 4.22. The van der Waals surface area contributed by atoms with Crippen molar-refractivity contribution in [1.29, 1.82) is 0 Å². The normalized spacial score (nSPS) is 11.7. The molecule has 0 fully saturated rings. The van der Waals surface area contributed by atoms with Crippen molar-refractivity contribution in [2.24, 2.45) is 0 Å². The summed E-state index contributed by atoms with van der Waals surface area (Å²) in [5.41, 5.74) is 1.64. The summed E-state index contributed by atoms with van der Waals surface area (Å²) < 4.78 is 25.6. The van der Waals surface area contributed by atoms with Crippen LogP contribution in [0.25, 0.3) is 11.0 Å². The Bertz CT molecular complexity index is 919. The Morgan fingerprint density at radius 1 is 1.05 bits per heavy atom. The Morgan fingerprint density at radius 2 is 1.71 bits per heavy atom. The van der Waals surface area contributed by atoms with Crippen LogP contribution in [-0.4, -0.2) is 13.4 Å². The molecule has 0 saturated carbocycles. The van der Waals surface area contributed by atoms with E-state index in [1.165, 1.54) is 12.1 Å². The van der Waals surface area contributed by atoms with E-state index in [-0.39, 0.29) is 9.92 Å². The van der Waals surface area contributed by atoms with Crippen LogP contribution in [0, 0.1) is 12.1 Å². The first-order valence-electron chi connectivity index (χ1n) is 6.29. The number of hydrogen-bond donors (Lipinski definition) is 0. The van der Waals surface area contributed by atoms with Gasteiger partial charge in [0.2, 0.25) is 26.6 Å². The third-order valence-corrected chi connectivity index (χ3v) is 4.82. The van der Waals surface area contributed by atoms with Gasteiger partial charge in [-0.2, -0.15) is 4.73 Å². The number of aromatic nitrogens is 2. The first kappa shape index (κ1) is 13.5. The Labute approximate surface area is 122 Å². The molecule has 0 N–H and O–H groups in total. The van der Waals surface area contributed by atoms with E-state index in [4.69, 9.17) is 0 Å². The molecule has 0 radical (unpaired) electrons. The zero-order valence-electron chi connectivity index (χ0n) is 11.2. The molecule has 21 heavy (non-hydrogen) atoms. The molecule has 106 valence electrons. The molecule has 0 unspecified atom stereocenters. The number of sulfone groups is 1. The molecule has 5 nitrogen and oxygen atoms in total. The molecular weight excluding hydrogens is 288 g/mol. The lowest BCUT2D eigenvalue weighted by Gasteiger charge is -2.06. The van der Waals surface area contributed by atoms with E-state index in [2.05, 4.69) is 4.98 Å². The Kier molecular flexibility index (Phi) is 3.10. The standard InChI is InChI=1S/C15H12N2O3S/c1-11-6-8-12(9-7-11)21(19,20)15-10-17(18)14-5-3-2-4-13(14)16-15/h2-10H,1H3. The highest BCUT2D eigenvalue weighted by molar-refractivity contribution is 7.91. The van der Waals surface area contributed by atoms with Gasteiger partial charge in [0.15, 0.2) is 0 Å². The number of hydrogen-bond acceptors (Lipinski definition) is 4. The SMILES string of the molecule is Cc1ccc(S(=O)(=O)c2c[n+]([O-])c3ccccc3n2)cc1. The maximum Gasteiger partial charge on any atom is 0.242 e. The third-order valence-electron chi connectivity index (χ3n) is 3.18. The van der Waals surface area contributed by atoms with Gasteiger partial charge in [-0.1, -0.05) is 29.8 Å². The van der Waals surface area contributed by atoms with Crippen LogP contribution in [0.15, 0.2) is 64.6 Å². The van der Waals surface area contributed by atoms with Crippen molar-refractivity contribution >= 4 is 20.9 Å². The molecule has 0 atom stereocenters. The fourth-order valence-corrected chi connectivity index (χ4v) is 3.22. The number of fused-ring (bicyclic) bond motifs is 1. The van der Waals surface area contributed by atoms with E-state index in [1.54, 1.807) is 36.4 Å². The second-order valence-corrected chi connectivity index (χ2v) is 6.61. The number of rotatable bonds is 2. The van der Waals surface area contributed by atoms with Crippen LogP contribution >= 0.6 is 0 Å². The zero-order chi connectivity index (χ0) is 15.0. The van der Waals surface area contributed by atoms with E-state index in [9.17, 15) is 13.6 Å². The minimum absolute atomic E-state index is 0.121. The van der Waals surface area contributed by atoms with Crippen LogP contribution in [-0.2, 0) is 9.84 Å². The first-order chi connectivity index (χ1) is 9.98. The molecular formula is C15H12N2O3S. The van der Waals surface area contributed by atoms with Gasteiger partial charge in [-0.3, -0.25) is 0 Å². The Balaban J connectivity index is 2.21. The van der Waals surface area contributed by atoms with Crippen molar-refractivity contribution in [2.45, 2.75) is 16.8 Å². The molecule has 0 aliphatic carbocycles. The number of para-hydroxylation sites is 2. The van der Waals surface area contributed by atoms with Crippen LogP contribution in [0.2, 0.25) is 0 Å². The molecule has 1 heterocycles. The summed E-state index contributed by atoms with van der Waals surface area (Å²) in [5.74, 6) is 0. The average molecular weight is 300 g/mol. The lowest BCUT2D eigenvalue weighted by molar-refractivity contribution is -0.579. The lowest BCUT2D eigenvalue weighted by atomic mass is 10.2. The smallest absolute Gasteiger partial charge is 0.242 e. The molecule has 0 amide bonds. The first-order valence-corrected chi connectivity index (χ1v) is 7.77. The number of nitrogens with zero attached hydrogens (tertiary/aromatic N) is 2. The maximum atomic E-state index is 12.5. The predicted octanol–water partition coefficient (Wildman–Crippen LogP) is 2.01. The van der Waals surface area contributed by atoms with Gasteiger partial charge in [0.1, 0.15) is 5.52 Å². The predicted molar refractivity (Wildman–Crippen MR) is 77.3 cm³/mol. The van der Waals surface area contributed by atoms with E-state index in [0.717, 1.165) is 11.8 Å². The van der Waals surface area contributed by atoms with Gasteiger partial charge in [0.25, 0.3) is 0 Å². The van der Waals surface area contributed by atoms with Crippen LogP contribution in [0.1, 0.15) is 5.56 Å². The van der Waals surface area contributed by atoms with Gasteiger partial charge in [-0.05, 0) is 25.1 Å². The third kappa shape index (κ3) is 2.34. The summed E-state index contributed by atoms with van der Waals surface area (Å²) in [6.07, 6.45) is 0.998. The van der Waals surface area contributed by atoms with Crippen molar-refractivity contribution in [1.82, 2.24) is 4.98 Å². The second-order valence-electron chi connectivity index (χ2n) is 4.71. The molecule has 0 saturated heterocycles. The van der Waals surface area contributed by atoms with Gasteiger partial charge >= 0.3 is 0 Å². The molecule has 6 heteroatoms. The Morgan fingerprint density at radius 3 is 2.43 bits per heavy atom. The van der Waals surface area contributed by atoms with Crippen molar-refractivity contribution in [3.8, 4) is 0 Å². The average Bonchev–Trinajstić information content (AvgIpc) is 2.47. The summed E-state index contributed by atoms with van der Waals surface area (Å²) >= 11 is 0. The van der Waals surface area contributed by atoms with Crippen LogP contribution in [0.4, 0.5) is 0 Å². The highest BCUT2D eigenvalue weighted by Gasteiger charge is 2.23. The highest BCUT2D eigenvalue weighted by Crippen LogP contribution is 2.20. The van der Waals surface area contributed by atoms with Crippen LogP contribution in [0.5, 0.6) is 0 Å². The van der Waals surface area contributed by atoms with Crippen molar-refractivity contribution in [2.75, 3.05) is 0 Å². The molecule has 0 bridgehead atoms. The van der Waals surface area contributed by atoms with E-state index >= 15 is 0 Å². The van der Waals surface area contributed by atoms with Crippen molar-refractivity contribution in [3.05, 3.63) is 65.5 Å². The summed E-state index contributed by atoms with van der Waals surface area (Å²) in [5, 5.41) is 11.7. The quantitative estimate of drug-likeness (QED) is 0.536. The molecule has 3 rings (SSSR count). The van der Waals surface area contributed by atoms with Crippen molar-refractivity contribution < 1.29 is 13.1 Å². The fourth-order valence-electron chi connectivity index (χ4n) is 2.03. The second kappa shape index (κ2) is 4.82. The summed E-state index contributed by atoms with van der Waals surface area (Å²) in [7, 11) is -3.80. The van der Waals surface area contributed by atoms with E-state index in [1.807, 2.05) is 6.92 Å². The van der Waals surface area contributed by atoms with Gasteiger partial charge in [-0.15, -0.1) is 0 Å². The van der Waals surface area contributed by atoms with Gasteiger partial charge in [-0.25, -0.2) is 13.4 Å². The van der Waals surface area contributed by atoms with Crippen LogP contribution in [0.3, 0.4) is 0 Å². The molecule has 2 aromatic carbocycles. The monoisotopic (exact) mass is 300 g/mol. The summed E-state index contributed by atoms with van der Waals surface area (Å²) in [6, 6.07) is 13.0. The maximum absolute atomic E-state index is 12.5. The molecule has 0 aliphatic heterocycles. The molecule has 3 aromatic rings. The molecule has 0 aliphatic rings. The van der Waals surface area contributed by atoms with Gasteiger partial charge in [0, 0.05) is 6.07 Å². The molecule has 0 spiro atoms. The molecule has 1 aromatic heterocycles. The largest absolute Gasteiger partial charge is 0.618 e. The Hall–Kier alpha value is -2.47. The number of aryl methyl sites for hydroxylation is 1. The lowest BCUT2D eigenvalue weighted by Crippen LogP contribution is -2.29. The number of benzene rings is 2. The van der Waals surface area contributed by atoms with E-state index in [0.29, 0.717) is 15.8 Å². The summed E-state index contributed by atoms with van der Waals surface area (Å²) in [6.45, 7) is 1.87. The van der Waals surface area contributed by atoms with E-state index < -0.39 is 9.84 Å². The zero-order valence-corrected chi connectivity index (χ0v) is 12.0. The minimum atomic E-state index is -3.80. The van der Waals surface area contributed by atoms with Gasteiger partial charge in [0.05, 0.1) is 4.90 Å². The minimum Gasteiger partial charge on any atom is -0.618 e. The van der Waals surface area contributed by atoms with Crippen molar-refractivity contribution in [3.63, 3.8) is 0 Å². The topological polar surface area (TPSA) is 74.0 Å². The highest BCUT2D eigenvalue weighted by atomic mass is 32.2. The van der Waals surface area contributed by atoms with Crippen LogP contribution < -0.4 is 4.73 Å².